The molecular formula is C35H42N2Na3O12S4+. The Balaban J connectivity index is 0.00000523. The average Bonchev–Trinajstić information content (AvgIpc) is 3.36. The second-order valence-electron chi connectivity index (χ2n) is 13.8. The van der Waals surface area contributed by atoms with Gasteiger partial charge in [0.1, 0.15) is 16.7 Å². The summed E-state index contributed by atoms with van der Waals surface area (Å²) < 4.78 is 137. The SMILES string of the molecule is CC1(C)C(=CC=CC=CC=CC2=[N+](CCCCS(=O)(=O)[O-])c3ccc(S(=O)(=O)[O-])cc3C2(C)C)N(CCCCS(=O)(=O)[O-])c2ccc(S(=O)(=O)O)cc21.[Na+].[Na+].[Na+]. The fourth-order valence-corrected chi connectivity index (χ4v) is 8.81. The zero-order valence-electron chi connectivity index (χ0n) is 32.6. The third-order valence-corrected chi connectivity index (χ3v) is 12.6. The number of anilines is 1. The van der Waals surface area contributed by atoms with Gasteiger partial charge in [0.15, 0.2) is 5.71 Å². The van der Waals surface area contributed by atoms with Crippen molar-refractivity contribution < 1.29 is 145 Å². The molecule has 0 fully saturated rings. The number of allylic oxidation sites excluding steroid dienone is 8. The summed E-state index contributed by atoms with van der Waals surface area (Å²) in [7, 11) is -18.0. The number of hydrogen-bond acceptors (Lipinski definition) is 12. The Bertz CT molecular complexity index is 2370. The van der Waals surface area contributed by atoms with Crippen molar-refractivity contribution in [2.75, 3.05) is 29.5 Å². The third-order valence-electron chi connectivity index (χ3n) is 9.32. The molecule has 4 rings (SSSR count). The molecule has 2 heterocycles. The van der Waals surface area contributed by atoms with E-state index in [1.165, 1.54) is 24.3 Å². The van der Waals surface area contributed by atoms with E-state index in [-0.39, 0.29) is 111 Å². The summed E-state index contributed by atoms with van der Waals surface area (Å²) in [4.78, 5) is 1.30. The van der Waals surface area contributed by atoms with Crippen LogP contribution < -0.4 is 93.6 Å². The minimum atomic E-state index is -4.72. The molecule has 0 unspecified atom stereocenters. The summed E-state index contributed by atoms with van der Waals surface area (Å²) in [5.41, 5.74) is 2.64. The Morgan fingerprint density at radius 3 is 1.79 bits per heavy atom. The molecule has 0 atom stereocenters. The van der Waals surface area contributed by atoms with Crippen LogP contribution in [0.5, 0.6) is 0 Å². The van der Waals surface area contributed by atoms with Crippen LogP contribution in [-0.4, -0.2) is 86.8 Å². The number of nitrogens with zero attached hydrogens (tertiary/aromatic N) is 2. The van der Waals surface area contributed by atoms with Gasteiger partial charge in [0.2, 0.25) is 5.69 Å². The van der Waals surface area contributed by atoms with E-state index in [9.17, 15) is 51.9 Å². The van der Waals surface area contributed by atoms with E-state index < -0.39 is 62.8 Å². The monoisotopic (exact) mass is 879 g/mol. The van der Waals surface area contributed by atoms with Crippen molar-refractivity contribution in [3.05, 3.63) is 95.8 Å². The van der Waals surface area contributed by atoms with Crippen LogP contribution in [-0.2, 0) is 51.3 Å². The number of fused-ring (bicyclic) bond motifs is 2. The largest absolute Gasteiger partial charge is 1.00 e. The van der Waals surface area contributed by atoms with Gasteiger partial charge in [0.25, 0.3) is 10.1 Å². The summed E-state index contributed by atoms with van der Waals surface area (Å²) in [6, 6.07) is 8.40. The molecule has 0 bridgehead atoms. The molecular weight excluding hydrogens is 838 g/mol. The maximum absolute atomic E-state index is 11.9. The normalized spacial score (nSPS) is 17.3. The van der Waals surface area contributed by atoms with Crippen molar-refractivity contribution in [3.8, 4) is 0 Å². The predicted octanol–water partition coefficient (Wildman–Crippen LogP) is -4.77. The van der Waals surface area contributed by atoms with Crippen molar-refractivity contribution in [1.82, 2.24) is 0 Å². The molecule has 0 radical (unpaired) electrons. The topological polar surface area (TPSA) is 232 Å². The minimum Gasteiger partial charge on any atom is -0.748 e. The summed E-state index contributed by atoms with van der Waals surface area (Å²) in [5, 5.41) is 0. The molecule has 2 aliphatic rings. The fourth-order valence-electron chi connectivity index (χ4n) is 6.69. The van der Waals surface area contributed by atoms with Gasteiger partial charge in [-0.1, -0.05) is 44.2 Å². The average molecular weight is 880 g/mol. The van der Waals surface area contributed by atoms with Gasteiger partial charge >= 0.3 is 88.7 Å². The van der Waals surface area contributed by atoms with Crippen LogP contribution in [0.15, 0.2) is 94.4 Å². The quantitative estimate of drug-likeness (QED) is 0.0550. The van der Waals surface area contributed by atoms with Gasteiger partial charge in [-0.05, 0) is 75.1 Å². The third kappa shape index (κ3) is 13.8. The molecule has 56 heavy (non-hydrogen) atoms. The van der Waals surface area contributed by atoms with Gasteiger partial charge in [-0.3, -0.25) is 4.55 Å². The van der Waals surface area contributed by atoms with E-state index >= 15 is 0 Å². The first-order valence-corrected chi connectivity index (χ1v) is 22.6. The Morgan fingerprint density at radius 1 is 0.679 bits per heavy atom. The molecule has 0 aromatic heterocycles. The first-order chi connectivity index (χ1) is 24.3. The zero-order chi connectivity index (χ0) is 39.6. The van der Waals surface area contributed by atoms with E-state index in [2.05, 4.69) is 0 Å². The standard InChI is InChI=1S/C35H44N2O12S4.3Na/c1-34(2)28-24-26(52(44,45)46)16-18-30(28)36(20-10-12-22-50(38,39)40)32(34)14-8-6-5-7-9-15-33-35(3,4)29-25-27(53(47,48)49)17-19-31(29)37(33)21-11-13-23-51(41,42)43;;;/h5-9,14-19,24-25H,10-13,20-23H2,1-4H3,(H3-,38,39,40,41,42,43,44,45,46,47,48,49);;;/q;3*+1/p-2. The Labute approximate surface area is 397 Å². The van der Waals surface area contributed by atoms with E-state index in [1.807, 2.05) is 49.3 Å². The van der Waals surface area contributed by atoms with Crippen LogP contribution in [0.2, 0.25) is 0 Å². The summed E-state index contributed by atoms with van der Waals surface area (Å²) >= 11 is 0. The van der Waals surface area contributed by atoms with Gasteiger partial charge in [-0.2, -0.15) is 13.0 Å². The maximum Gasteiger partial charge on any atom is 1.00 e. The molecule has 2 aromatic rings. The number of unbranched alkanes of at least 4 members (excludes halogenated alkanes) is 2. The van der Waals surface area contributed by atoms with Crippen LogP contribution in [0, 0.1) is 0 Å². The van der Waals surface area contributed by atoms with Gasteiger partial charge in [0.05, 0.1) is 35.4 Å². The first-order valence-electron chi connectivity index (χ1n) is 16.6. The Hall–Kier alpha value is -0.490. The van der Waals surface area contributed by atoms with E-state index in [0.717, 1.165) is 11.4 Å². The Morgan fingerprint density at radius 2 is 1.21 bits per heavy atom. The van der Waals surface area contributed by atoms with Crippen LogP contribution >= 0.6 is 0 Å². The summed E-state index contributed by atoms with van der Waals surface area (Å²) in [6.07, 6.45) is 13.5. The van der Waals surface area contributed by atoms with E-state index in [0.29, 0.717) is 48.4 Å². The molecule has 0 amide bonds. The molecule has 21 heteroatoms. The molecule has 290 valence electrons. The van der Waals surface area contributed by atoms with Gasteiger partial charge in [-0.25, -0.2) is 25.3 Å². The predicted molar refractivity (Wildman–Crippen MR) is 197 cm³/mol. The van der Waals surface area contributed by atoms with Crippen LogP contribution in [0.25, 0.3) is 0 Å². The second-order valence-corrected chi connectivity index (χ2v) is 19.7. The van der Waals surface area contributed by atoms with Gasteiger partial charge < -0.3 is 18.6 Å². The molecule has 2 aromatic carbocycles. The van der Waals surface area contributed by atoms with Crippen molar-refractivity contribution in [1.29, 1.82) is 0 Å². The van der Waals surface area contributed by atoms with Crippen LogP contribution in [0.4, 0.5) is 11.4 Å². The molecule has 14 nitrogen and oxygen atoms in total. The van der Waals surface area contributed by atoms with Gasteiger partial charge in [-0.15, -0.1) is 0 Å². The zero-order valence-corrected chi connectivity index (χ0v) is 41.9. The number of benzene rings is 2. The van der Waals surface area contributed by atoms with Crippen LogP contribution in [0.1, 0.15) is 64.5 Å². The van der Waals surface area contributed by atoms with Crippen molar-refractivity contribution in [3.63, 3.8) is 0 Å². The first kappa shape index (κ1) is 53.5. The molecule has 2 aliphatic heterocycles. The Kier molecular flexibility index (Phi) is 19.9. The smallest absolute Gasteiger partial charge is 0.748 e. The van der Waals surface area contributed by atoms with Gasteiger partial charge in [0, 0.05) is 59.0 Å². The van der Waals surface area contributed by atoms with E-state index in [4.69, 9.17) is 0 Å². The molecule has 0 saturated heterocycles. The fraction of sp³-hybridized carbons (Fsp3) is 0.400. The molecule has 0 saturated carbocycles. The minimum absolute atomic E-state index is 0. The molecule has 1 N–H and O–H groups in total. The maximum atomic E-state index is 11.9. The van der Waals surface area contributed by atoms with E-state index in [1.54, 1.807) is 42.5 Å². The van der Waals surface area contributed by atoms with Crippen molar-refractivity contribution >= 4 is 57.6 Å². The number of rotatable bonds is 16. The summed E-state index contributed by atoms with van der Waals surface area (Å²) in [6.45, 7) is 8.20. The summed E-state index contributed by atoms with van der Waals surface area (Å²) in [5.74, 6) is -1.02. The molecule has 0 aliphatic carbocycles. The number of hydrogen-bond donors (Lipinski definition) is 1. The molecule has 0 spiro atoms. The van der Waals surface area contributed by atoms with Crippen molar-refractivity contribution in [2.24, 2.45) is 0 Å². The van der Waals surface area contributed by atoms with Crippen LogP contribution in [0.3, 0.4) is 0 Å². The van der Waals surface area contributed by atoms with Crippen molar-refractivity contribution in [2.45, 2.75) is 74.0 Å². The second kappa shape index (κ2) is 20.9.